The zero-order valence-electron chi connectivity index (χ0n) is 7.97. The van der Waals surface area contributed by atoms with Crippen molar-refractivity contribution in [3.8, 4) is 0 Å². The normalized spacial score (nSPS) is 20.0. The van der Waals surface area contributed by atoms with Gasteiger partial charge in [0.2, 0.25) is 0 Å². The van der Waals surface area contributed by atoms with Crippen molar-refractivity contribution in [1.82, 2.24) is 0 Å². The molecule has 1 N–H and O–H groups in total. The van der Waals surface area contributed by atoms with E-state index in [1.807, 2.05) is 0 Å². The summed E-state index contributed by atoms with van der Waals surface area (Å²) in [6.07, 6.45) is 0.672. The molecule has 1 aliphatic rings. The number of carbonyl (C=O) groups is 2. The van der Waals surface area contributed by atoms with Gasteiger partial charge in [-0.05, 0) is 24.1 Å². The number of benzene rings is 1. The summed E-state index contributed by atoms with van der Waals surface area (Å²) in [4.78, 5) is 21.9. The number of esters is 1. The maximum Gasteiger partial charge on any atom is 0.335 e. The van der Waals surface area contributed by atoms with Crippen LogP contribution < -0.4 is 0 Å². The second-order valence-corrected chi connectivity index (χ2v) is 3.44. The maximum atomic E-state index is 11.3. The van der Waals surface area contributed by atoms with Crippen molar-refractivity contribution in [3.05, 3.63) is 35.4 Å². The molecule has 0 bridgehead atoms. The summed E-state index contributed by atoms with van der Waals surface area (Å²) in [5, 5.41) is 8.70. The molecule has 1 heterocycles. The van der Waals surface area contributed by atoms with Gasteiger partial charge in [0, 0.05) is 0 Å². The quantitative estimate of drug-likeness (QED) is 0.743. The Morgan fingerprint density at radius 1 is 1.33 bits per heavy atom. The van der Waals surface area contributed by atoms with Crippen molar-refractivity contribution >= 4 is 11.9 Å². The van der Waals surface area contributed by atoms with Crippen molar-refractivity contribution in [2.75, 3.05) is 6.61 Å². The number of ether oxygens (including phenoxy) is 1. The molecule has 15 heavy (non-hydrogen) atoms. The molecule has 1 aromatic carbocycles. The highest BCUT2D eigenvalue weighted by molar-refractivity contribution is 5.88. The minimum absolute atomic E-state index is 0.224. The lowest BCUT2D eigenvalue weighted by atomic mass is 9.97. The van der Waals surface area contributed by atoms with E-state index in [0.29, 0.717) is 13.0 Å². The summed E-state index contributed by atoms with van der Waals surface area (Å²) >= 11 is 0. The Balaban J connectivity index is 2.23. The first kappa shape index (κ1) is 9.71. The Bertz CT molecular complexity index is 394. The maximum absolute atomic E-state index is 11.3. The lowest BCUT2D eigenvalue weighted by molar-refractivity contribution is -0.139. The first-order valence-electron chi connectivity index (χ1n) is 4.68. The van der Waals surface area contributed by atoms with Gasteiger partial charge in [-0.2, -0.15) is 0 Å². The second kappa shape index (κ2) is 3.73. The van der Waals surface area contributed by atoms with E-state index in [1.54, 1.807) is 12.1 Å². The van der Waals surface area contributed by atoms with E-state index in [-0.39, 0.29) is 17.5 Å². The highest BCUT2D eigenvalue weighted by Gasteiger charge is 2.27. The van der Waals surface area contributed by atoms with Crippen LogP contribution in [0.1, 0.15) is 28.3 Å². The SMILES string of the molecule is O=C(O)c1ccc([C@H]2CCOC2=O)cc1. The molecule has 1 saturated heterocycles. The summed E-state index contributed by atoms with van der Waals surface area (Å²) in [5.74, 6) is -1.42. The Labute approximate surface area is 86.5 Å². The van der Waals surface area contributed by atoms with E-state index in [1.165, 1.54) is 12.1 Å². The highest BCUT2D eigenvalue weighted by Crippen LogP contribution is 2.26. The molecule has 0 unspecified atom stereocenters. The van der Waals surface area contributed by atoms with Gasteiger partial charge < -0.3 is 9.84 Å². The molecule has 0 amide bonds. The van der Waals surface area contributed by atoms with E-state index in [2.05, 4.69) is 0 Å². The fourth-order valence-electron chi connectivity index (χ4n) is 1.66. The number of hydrogen-bond acceptors (Lipinski definition) is 3. The number of rotatable bonds is 2. The molecule has 1 aliphatic heterocycles. The van der Waals surface area contributed by atoms with Crippen LogP contribution in [0.3, 0.4) is 0 Å². The molecule has 0 aromatic heterocycles. The molecule has 0 saturated carbocycles. The summed E-state index contributed by atoms with van der Waals surface area (Å²) in [6, 6.07) is 6.34. The van der Waals surface area contributed by atoms with E-state index in [9.17, 15) is 9.59 Å². The molecule has 0 aliphatic carbocycles. The van der Waals surface area contributed by atoms with E-state index >= 15 is 0 Å². The van der Waals surface area contributed by atoms with Crippen LogP contribution in [-0.2, 0) is 9.53 Å². The van der Waals surface area contributed by atoms with Gasteiger partial charge in [-0.3, -0.25) is 4.79 Å². The number of aromatic carboxylic acids is 1. The van der Waals surface area contributed by atoms with Crippen molar-refractivity contribution < 1.29 is 19.4 Å². The number of carboxylic acid groups (broad SMARTS) is 1. The Morgan fingerprint density at radius 2 is 2.00 bits per heavy atom. The van der Waals surface area contributed by atoms with Gasteiger partial charge in [0.15, 0.2) is 0 Å². The molecule has 1 aromatic rings. The molecule has 0 radical (unpaired) electrons. The first-order chi connectivity index (χ1) is 7.18. The molecule has 4 nitrogen and oxygen atoms in total. The van der Waals surface area contributed by atoms with Crippen molar-refractivity contribution in [2.45, 2.75) is 12.3 Å². The fraction of sp³-hybridized carbons (Fsp3) is 0.273. The third-order valence-electron chi connectivity index (χ3n) is 2.50. The van der Waals surface area contributed by atoms with E-state index in [0.717, 1.165) is 5.56 Å². The minimum atomic E-state index is -0.962. The molecular weight excluding hydrogens is 196 g/mol. The zero-order chi connectivity index (χ0) is 10.8. The van der Waals surface area contributed by atoms with Crippen LogP contribution in [0.5, 0.6) is 0 Å². The Hall–Kier alpha value is -1.84. The summed E-state index contributed by atoms with van der Waals surface area (Å²) in [7, 11) is 0. The molecule has 78 valence electrons. The zero-order valence-corrected chi connectivity index (χ0v) is 7.97. The molecule has 2 rings (SSSR count). The van der Waals surface area contributed by atoms with Crippen LogP contribution in [-0.4, -0.2) is 23.7 Å². The van der Waals surface area contributed by atoms with Crippen LogP contribution >= 0.6 is 0 Å². The smallest absolute Gasteiger partial charge is 0.335 e. The Morgan fingerprint density at radius 3 is 2.47 bits per heavy atom. The van der Waals surface area contributed by atoms with Gasteiger partial charge in [0.1, 0.15) is 0 Å². The summed E-state index contributed by atoms with van der Waals surface area (Å²) in [5.41, 5.74) is 1.05. The largest absolute Gasteiger partial charge is 0.478 e. The van der Waals surface area contributed by atoms with E-state index in [4.69, 9.17) is 9.84 Å². The monoisotopic (exact) mass is 206 g/mol. The molecular formula is C11H10O4. The number of carbonyl (C=O) groups excluding carboxylic acids is 1. The predicted molar refractivity (Wildman–Crippen MR) is 51.7 cm³/mol. The number of carboxylic acids is 1. The third kappa shape index (κ3) is 1.83. The average molecular weight is 206 g/mol. The van der Waals surface area contributed by atoms with Crippen LogP contribution in [0.2, 0.25) is 0 Å². The molecule has 4 heteroatoms. The van der Waals surface area contributed by atoms with Crippen LogP contribution in [0.15, 0.2) is 24.3 Å². The molecule has 1 fully saturated rings. The van der Waals surface area contributed by atoms with E-state index < -0.39 is 5.97 Å². The predicted octanol–water partition coefficient (Wildman–Crippen LogP) is 1.42. The van der Waals surface area contributed by atoms with Crippen molar-refractivity contribution in [2.24, 2.45) is 0 Å². The highest BCUT2D eigenvalue weighted by atomic mass is 16.5. The average Bonchev–Trinajstić information content (AvgIpc) is 2.65. The van der Waals surface area contributed by atoms with Gasteiger partial charge in [-0.15, -0.1) is 0 Å². The number of hydrogen-bond donors (Lipinski definition) is 1. The van der Waals surface area contributed by atoms with Crippen LogP contribution in [0, 0.1) is 0 Å². The lowest BCUT2D eigenvalue weighted by Gasteiger charge is -2.05. The van der Waals surface area contributed by atoms with Gasteiger partial charge >= 0.3 is 11.9 Å². The minimum Gasteiger partial charge on any atom is -0.478 e. The molecule has 0 spiro atoms. The second-order valence-electron chi connectivity index (χ2n) is 3.44. The van der Waals surface area contributed by atoms with Gasteiger partial charge in [0.25, 0.3) is 0 Å². The van der Waals surface area contributed by atoms with Crippen molar-refractivity contribution in [1.29, 1.82) is 0 Å². The van der Waals surface area contributed by atoms with Crippen molar-refractivity contribution in [3.63, 3.8) is 0 Å². The summed E-state index contributed by atoms with van der Waals surface area (Å²) in [6.45, 7) is 0.449. The van der Waals surface area contributed by atoms with Crippen LogP contribution in [0.25, 0.3) is 0 Å². The topological polar surface area (TPSA) is 63.6 Å². The first-order valence-corrected chi connectivity index (χ1v) is 4.68. The lowest BCUT2D eigenvalue weighted by Crippen LogP contribution is -2.06. The summed E-state index contributed by atoms with van der Waals surface area (Å²) < 4.78 is 4.84. The molecule has 1 atom stereocenters. The van der Waals surface area contributed by atoms with Gasteiger partial charge in [-0.25, -0.2) is 4.79 Å². The van der Waals surface area contributed by atoms with Gasteiger partial charge in [-0.1, -0.05) is 12.1 Å². The standard InChI is InChI=1S/C11H10O4/c12-10(13)8-3-1-7(2-4-8)9-5-6-15-11(9)14/h1-4,9H,5-6H2,(H,12,13)/t9-/m1/s1. The fourth-order valence-corrected chi connectivity index (χ4v) is 1.66. The van der Waals surface area contributed by atoms with Crippen LogP contribution in [0.4, 0.5) is 0 Å². The number of cyclic esters (lactones) is 1. The van der Waals surface area contributed by atoms with Gasteiger partial charge in [0.05, 0.1) is 18.1 Å². The Kier molecular flexibility index (Phi) is 2.41. The third-order valence-corrected chi connectivity index (χ3v) is 2.50.